The van der Waals surface area contributed by atoms with Gasteiger partial charge in [-0.3, -0.25) is 0 Å². The molecule has 1 aromatic heterocycles. The Morgan fingerprint density at radius 1 is 1.58 bits per heavy atom. The molecule has 0 atom stereocenters. The van der Waals surface area contributed by atoms with E-state index in [1.807, 2.05) is 0 Å². The summed E-state index contributed by atoms with van der Waals surface area (Å²) in [7, 11) is 0. The van der Waals surface area contributed by atoms with E-state index in [4.69, 9.17) is 28.9 Å². The molecule has 62 valence electrons. The minimum absolute atomic E-state index is 0.269. The van der Waals surface area contributed by atoms with Crippen molar-refractivity contribution in [1.29, 1.82) is 0 Å². The van der Waals surface area contributed by atoms with Crippen molar-refractivity contribution in [3.05, 3.63) is 23.0 Å². The molecule has 1 aromatic rings. The summed E-state index contributed by atoms with van der Waals surface area (Å²) in [5, 5.41) is 0.349. The first kappa shape index (κ1) is 9.18. The van der Waals surface area contributed by atoms with Crippen molar-refractivity contribution in [2.24, 2.45) is 0 Å². The molecule has 0 aliphatic rings. The van der Waals surface area contributed by atoms with Gasteiger partial charge < -0.3 is 5.73 Å². The molecule has 2 nitrogen and oxygen atoms in total. The van der Waals surface area contributed by atoms with Gasteiger partial charge in [-0.2, -0.15) is 0 Å². The summed E-state index contributed by atoms with van der Waals surface area (Å²) in [6.45, 7) is 0. The fraction of sp³-hybridized carbons (Fsp3) is 0.125. The Labute approximate surface area is 80.7 Å². The fourth-order valence-corrected chi connectivity index (χ4v) is 0.898. The quantitative estimate of drug-likeness (QED) is 0.395. The summed E-state index contributed by atoms with van der Waals surface area (Å²) in [6.07, 6.45) is 1.48. The van der Waals surface area contributed by atoms with Crippen LogP contribution in [0.2, 0.25) is 5.15 Å². The molecule has 2 N–H and O–H groups in total. The molecule has 0 fully saturated rings. The first-order valence-corrected chi connectivity index (χ1v) is 4.11. The number of nitrogen functional groups attached to an aromatic ring is 1. The summed E-state index contributed by atoms with van der Waals surface area (Å²) in [5.74, 6) is 5.68. The minimum Gasteiger partial charge on any atom is -0.397 e. The number of nitrogens with two attached hydrogens (primary N) is 1. The highest BCUT2D eigenvalue weighted by molar-refractivity contribution is 6.30. The Balaban J connectivity index is 3.05. The van der Waals surface area contributed by atoms with Crippen molar-refractivity contribution in [3.8, 4) is 11.8 Å². The normalized spacial score (nSPS) is 8.83. The maximum atomic E-state index is 5.72. The molecular weight excluding hydrogens is 195 g/mol. The van der Waals surface area contributed by atoms with E-state index < -0.39 is 0 Å². The van der Waals surface area contributed by atoms with E-state index in [-0.39, 0.29) is 5.88 Å². The molecule has 0 amide bonds. The van der Waals surface area contributed by atoms with Gasteiger partial charge in [-0.25, -0.2) is 4.98 Å². The maximum Gasteiger partial charge on any atom is 0.144 e. The van der Waals surface area contributed by atoms with Crippen LogP contribution in [0.1, 0.15) is 5.56 Å². The van der Waals surface area contributed by atoms with Crippen LogP contribution in [0, 0.1) is 11.8 Å². The van der Waals surface area contributed by atoms with E-state index in [1.165, 1.54) is 6.20 Å². The van der Waals surface area contributed by atoms with Crippen molar-refractivity contribution in [1.82, 2.24) is 4.98 Å². The molecule has 0 radical (unpaired) electrons. The highest BCUT2D eigenvalue weighted by Crippen LogP contribution is 2.13. The zero-order valence-electron chi connectivity index (χ0n) is 6.14. The molecule has 1 heterocycles. The van der Waals surface area contributed by atoms with Crippen molar-refractivity contribution in [3.63, 3.8) is 0 Å². The van der Waals surface area contributed by atoms with Gasteiger partial charge in [0.15, 0.2) is 0 Å². The third-order valence-corrected chi connectivity index (χ3v) is 1.58. The number of anilines is 1. The lowest BCUT2D eigenvalue weighted by molar-refractivity contribution is 1.32. The van der Waals surface area contributed by atoms with E-state index in [9.17, 15) is 0 Å². The zero-order valence-corrected chi connectivity index (χ0v) is 7.65. The SMILES string of the molecule is Nc1cnc(Cl)c(C#CCCl)c1. The van der Waals surface area contributed by atoms with Gasteiger partial charge in [0.1, 0.15) is 5.15 Å². The van der Waals surface area contributed by atoms with Gasteiger partial charge in [0.2, 0.25) is 0 Å². The van der Waals surface area contributed by atoms with Crippen LogP contribution >= 0.6 is 23.2 Å². The highest BCUT2D eigenvalue weighted by atomic mass is 35.5. The second-order valence-electron chi connectivity index (χ2n) is 2.04. The first-order chi connectivity index (χ1) is 5.74. The number of alkyl halides is 1. The Morgan fingerprint density at radius 3 is 3.00 bits per heavy atom. The third kappa shape index (κ3) is 2.30. The van der Waals surface area contributed by atoms with Gasteiger partial charge in [-0.1, -0.05) is 23.4 Å². The van der Waals surface area contributed by atoms with E-state index in [0.717, 1.165) is 0 Å². The highest BCUT2D eigenvalue weighted by Gasteiger charge is 1.97. The predicted molar refractivity (Wildman–Crippen MR) is 51.3 cm³/mol. The van der Waals surface area contributed by atoms with E-state index in [0.29, 0.717) is 16.4 Å². The minimum atomic E-state index is 0.269. The molecule has 1 rings (SSSR count). The number of rotatable bonds is 0. The van der Waals surface area contributed by atoms with Gasteiger partial charge in [-0.15, -0.1) is 11.6 Å². The van der Waals surface area contributed by atoms with Crippen LogP contribution in [0.3, 0.4) is 0 Å². The van der Waals surface area contributed by atoms with Gasteiger partial charge in [0.05, 0.1) is 23.3 Å². The first-order valence-electron chi connectivity index (χ1n) is 3.20. The van der Waals surface area contributed by atoms with Crippen LogP contribution in [0.15, 0.2) is 12.3 Å². The molecule has 0 unspecified atom stereocenters. The Morgan fingerprint density at radius 2 is 2.33 bits per heavy atom. The van der Waals surface area contributed by atoms with Crippen LogP contribution in [-0.2, 0) is 0 Å². The molecule has 0 saturated carbocycles. The van der Waals surface area contributed by atoms with Crippen LogP contribution in [0.25, 0.3) is 0 Å². The summed E-state index contributed by atoms with van der Waals surface area (Å²) >= 11 is 11.1. The van der Waals surface area contributed by atoms with Crippen LogP contribution in [0.4, 0.5) is 5.69 Å². The number of pyridine rings is 1. The molecular formula is C8H6Cl2N2. The van der Waals surface area contributed by atoms with Crippen molar-refractivity contribution in [2.75, 3.05) is 11.6 Å². The van der Waals surface area contributed by atoms with Gasteiger partial charge in [0, 0.05) is 0 Å². The second-order valence-corrected chi connectivity index (χ2v) is 2.67. The lowest BCUT2D eigenvalue weighted by Crippen LogP contribution is -1.89. The monoisotopic (exact) mass is 200 g/mol. The van der Waals surface area contributed by atoms with Gasteiger partial charge in [-0.05, 0) is 6.07 Å². The van der Waals surface area contributed by atoms with Crippen molar-refractivity contribution < 1.29 is 0 Å². The molecule has 0 aromatic carbocycles. The fourth-order valence-electron chi connectivity index (χ4n) is 0.681. The Bertz CT molecular complexity index is 339. The number of hydrogen-bond donors (Lipinski definition) is 1. The topological polar surface area (TPSA) is 38.9 Å². The average Bonchev–Trinajstić information content (AvgIpc) is 2.07. The summed E-state index contributed by atoms with van der Waals surface area (Å²) in [5.41, 5.74) is 6.63. The molecule has 0 spiro atoms. The van der Waals surface area contributed by atoms with Crippen LogP contribution < -0.4 is 5.73 Å². The number of aromatic nitrogens is 1. The largest absolute Gasteiger partial charge is 0.397 e. The Kier molecular flexibility index (Phi) is 3.21. The lowest BCUT2D eigenvalue weighted by atomic mass is 10.3. The molecule has 0 aliphatic carbocycles. The molecule has 12 heavy (non-hydrogen) atoms. The standard InChI is InChI=1S/C8H6Cl2N2/c9-3-1-2-6-4-7(11)5-12-8(6)10/h4-5H,3,11H2. The third-order valence-electron chi connectivity index (χ3n) is 1.15. The van der Waals surface area contributed by atoms with E-state index in [1.54, 1.807) is 6.07 Å². The lowest BCUT2D eigenvalue weighted by Gasteiger charge is -1.95. The van der Waals surface area contributed by atoms with Crippen molar-refractivity contribution >= 4 is 28.9 Å². The Hall–Kier alpha value is -0.910. The number of hydrogen-bond acceptors (Lipinski definition) is 2. The van der Waals surface area contributed by atoms with Crippen molar-refractivity contribution in [2.45, 2.75) is 0 Å². The number of halogens is 2. The summed E-state index contributed by atoms with van der Waals surface area (Å²) in [6, 6.07) is 1.66. The predicted octanol–water partition coefficient (Wildman–Crippen LogP) is 1.91. The molecule has 4 heteroatoms. The van der Waals surface area contributed by atoms with Gasteiger partial charge in [0.25, 0.3) is 0 Å². The molecule has 0 saturated heterocycles. The summed E-state index contributed by atoms with van der Waals surface area (Å²) < 4.78 is 0. The average molecular weight is 201 g/mol. The maximum absolute atomic E-state index is 5.72. The zero-order chi connectivity index (χ0) is 8.97. The molecule has 0 bridgehead atoms. The molecule has 0 aliphatic heterocycles. The smallest absolute Gasteiger partial charge is 0.144 e. The number of nitrogens with zero attached hydrogens (tertiary/aromatic N) is 1. The van der Waals surface area contributed by atoms with Crippen LogP contribution in [0.5, 0.6) is 0 Å². The van der Waals surface area contributed by atoms with Gasteiger partial charge >= 0.3 is 0 Å². The van der Waals surface area contributed by atoms with E-state index >= 15 is 0 Å². The van der Waals surface area contributed by atoms with E-state index in [2.05, 4.69) is 16.8 Å². The second kappa shape index (κ2) is 4.20. The summed E-state index contributed by atoms with van der Waals surface area (Å²) in [4.78, 5) is 3.83. The van der Waals surface area contributed by atoms with Crippen LogP contribution in [-0.4, -0.2) is 10.9 Å².